The van der Waals surface area contributed by atoms with E-state index >= 15 is 0 Å². The Morgan fingerprint density at radius 3 is 2.83 bits per heavy atom. The number of nitro groups is 1. The molecule has 1 aliphatic carbocycles. The topological polar surface area (TPSA) is 69.2 Å². The van der Waals surface area contributed by atoms with Crippen molar-refractivity contribution in [3.05, 3.63) is 46.2 Å². The summed E-state index contributed by atoms with van der Waals surface area (Å²) in [4.78, 5) is 9.99. The molecule has 0 fully saturated rings. The van der Waals surface area contributed by atoms with E-state index in [9.17, 15) is 10.1 Å². The second kappa shape index (κ2) is 3.21. The van der Waals surface area contributed by atoms with E-state index in [-0.39, 0.29) is 4.92 Å². The van der Waals surface area contributed by atoms with E-state index in [2.05, 4.69) is 6.58 Å². The lowest BCUT2D eigenvalue weighted by Crippen LogP contribution is -2.18. The van der Waals surface area contributed by atoms with E-state index in [1.165, 1.54) is 6.08 Å². The van der Waals surface area contributed by atoms with Crippen LogP contribution >= 0.6 is 0 Å². The lowest BCUT2D eigenvalue weighted by Gasteiger charge is -2.09. The van der Waals surface area contributed by atoms with Gasteiger partial charge in [0.15, 0.2) is 0 Å². The molecule has 1 rings (SSSR count). The van der Waals surface area contributed by atoms with Crippen molar-refractivity contribution in [3.8, 4) is 0 Å². The molecule has 0 aromatic heterocycles. The molecule has 0 amide bonds. The molecule has 4 heteroatoms. The van der Waals surface area contributed by atoms with Gasteiger partial charge >= 0.3 is 0 Å². The van der Waals surface area contributed by atoms with Gasteiger partial charge in [-0.25, -0.2) is 0 Å². The fraction of sp³-hybridized carbons (Fsp3) is 0.250. The largest absolute Gasteiger partial charge is 0.399 e. The number of allylic oxidation sites excluding steroid dienone is 1. The third-order valence-corrected chi connectivity index (χ3v) is 1.72. The maximum Gasteiger partial charge on any atom is 0.235 e. The molecule has 64 valence electrons. The molecule has 0 aliphatic heterocycles. The summed E-state index contributed by atoms with van der Waals surface area (Å²) in [5.74, 6) is 0. The van der Waals surface area contributed by atoms with Gasteiger partial charge in [0, 0.05) is 17.0 Å². The number of hydrogen-bond donors (Lipinski definition) is 1. The lowest BCUT2D eigenvalue weighted by atomic mass is 10.0. The van der Waals surface area contributed by atoms with Crippen LogP contribution in [0.1, 0.15) is 6.42 Å². The number of nitrogens with two attached hydrogens (primary N) is 1. The summed E-state index contributed by atoms with van der Waals surface area (Å²) in [5.41, 5.74) is 6.64. The number of nitrogens with zero attached hydrogens (tertiary/aromatic N) is 1. The molecule has 4 nitrogen and oxygen atoms in total. The SMILES string of the molecule is C=C(N)C1=CCC([N+](=O)[O-])C=C1. The van der Waals surface area contributed by atoms with Gasteiger partial charge < -0.3 is 5.73 Å². The van der Waals surface area contributed by atoms with Crippen LogP contribution in [0.5, 0.6) is 0 Å². The van der Waals surface area contributed by atoms with Gasteiger partial charge in [0.1, 0.15) is 0 Å². The number of rotatable bonds is 2. The molecule has 0 spiro atoms. The first-order chi connectivity index (χ1) is 5.61. The Labute approximate surface area is 70.2 Å². The fourth-order valence-electron chi connectivity index (χ4n) is 1.00. The molecule has 1 aliphatic rings. The highest BCUT2D eigenvalue weighted by atomic mass is 16.6. The van der Waals surface area contributed by atoms with Crippen molar-refractivity contribution < 1.29 is 4.92 Å². The third-order valence-electron chi connectivity index (χ3n) is 1.72. The standard InChI is InChI=1S/C8H10N2O2/c1-6(9)7-2-4-8(5-3-7)10(11)12/h2-4,8H,1,5,9H2. The molecule has 2 N–H and O–H groups in total. The molecule has 0 aromatic rings. The van der Waals surface area contributed by atoms with Crippen LogP contribution < -0.4 is 5.73 Å². The maximum atomic E-state index is 10.3. The van der Waals surface area contributed by atoms with Crippen molar-refractivity contribution >= 4 is 0 Å². The van der Waals surface area contributed by atoms with Crippen LogP contribution in [0, 0.1) is 10.1 Å². The van der Waals surface area contributed by atoms with E-state index in [1.54, 1.807) is 12.2 Å². The first-order valence-corrected chi connectivity index (χ1v) is 3.58. The summed E-state index contributed by atoms with van der Waals surface area (Å²) in [6.45, 7) is 3.54. The second-order valence-corrected chi connectivity index (χ2v) is 2.63. The Bertz CT molecular complexity index is 279. The first-order valence-electron chi connectivity index (χ1n) is 3.58. The molecule has 0 aromatic carbocycles. The van der Waals surface area contributed by atoms with E-state index in [1.807, 2.05) is 0 Å². The van der Waals surface area contributed by atoms with Gasteiger partial charge in [-0.1, -0.05) is 18.7 Å². The van der Waals surface area contributed by atoms with Crippen LogP contribution in [-0.4, -0.2) is 11.0 Å². The van der Waals surface area contributed by atoms with Crippen molar-refractivity contribution in [1.82, 2.24) is 0 Å². The molecule has 0 bridgehead atoms. The minimum Gasteiger partial charge on any atom is -0.399 e. The van der Waals surface area contributed by atoms with Gasteiger partial charge in [-0.05, 0) is 11.6 Å². The third kappa shape index (κ3) is 1.72. The predicted octanol–water partition coefficient (Wildman–Crippen LogP) is 0.990. The van der Waals surface area contributed by atoms with Gasteiger partial charge in [0.2, 0.25) is 6.04 Å². The van der Waals surface area contributed by atoms with Crippen LogP contribution in [0.15, 0.2) is 36.1 Å². The molecule has 0 heterocycles. The summed E-state index contributed by atoms with van der Waals surface area (Å²) in [6, 6.07) is -0.604. The molecular weight excluding hydrogens is 156 g/mol. The fourth-order valence-corrected chi connectivity index (χ4v) is 1.00. The minimum atomic E-state index is -0.604. The maximum absolute atomic E-state index is 10.3. The van der Waals surface area contributed by atoms with Gasteiger partial charge in [0.25, 0.3) is 0 Å². The molecule has 0 radical (unpaired) electrons. The summed E-state index contributed by atoms with van der Waals surface area (Å²) in [7, 11) is 0. The van der Waals surface area contributed by atoms with Gasteiger partial charge in [-0.2, -0.15) is 0 Å². The van der Waals surface area contributed by atoms with E-state index in [4.69, 9.17) is 5.73 Å². The van der Waals surface area contributed by atoms with E-state index < -0.39 is 6.04 Å². The first kappa shape index (κ1) is 8.52. The van der Waals surface area contributed by atoms with Crippen molar-refractivity contribution in [2.24, 2.45) is 5.73 Å². The van der Waals surface area contributed by atoms with Crippen LogP contribution in [0.4, 0.5) is 0 Å². The average Bonchev–Trinajstić information content (AvgIpc) is 2.04. The highest BCUT2D eigenvalue weighted by Gasteiger charge is 2.17. The van der Waals surface area contributed by atoms with Crippen LogP contribution in [-0.2, 0) is 0 Å². The predicted molar refractivity (Wildman–Crippen MR) is 45.9 cm³/mol. The van der Waals surface area contributed by atoms with Gasteiger partial charge in [-0.3, -0.25) is 10.1 Å². The van der Waals surface area contributed by atoms with Gasteiger partial charge in [-0.15, -0.1) is 0 Å². The van der Waals surface area contributed by atoms with Gasteiger partial charge in [0.05, 0.1) is 0 Å². The normalized spacial score (nSPS) is 21.7. The minimum absolute atomic E-state index is 0.316. The Hall–Kier alpha value is -1.58. The highest BCUT2D eigenvalue weighted by Crippen LogP contribution is 2.15. The quantitative estimate of drug-likeness (QED) is 0.491. The molecule has 0 saturated carbocycles. The van der Waals surface area contributed by atoms with Crippen LogP contribution in [0.2, 0.25) is 0 Å². The second-order valence-electron chi connectivity index (χ2n) is 2.63. The molecule has 1 atom stereocenters. The van der Waals surface area contributed by atoms with Crippen molar-refractivity contribution in [2.45, 2.75) is 12.5 Å². The van der Waals surface area contributed by atoms with Crippen molar-refractivity contribution in [2.75, 3.05) is 0 Å². The monoisotopic (exact) mass is 166 g/mol. The average molecular weight is 166 g/mol. The van der Waals surface area contributed by atoms with Crippen LogP contribution in [0.25, 0.3) is 0 Å². The molecule has 12 heavy (non-hydrogen) atoms. The van der Waals surface area contributed by atoms with Crippen molar-refractivity contribution in [3.63, 3.8) is 0 Å². The lowest BCUT2D eigenvalue weighted by molar-refractivity contribution is -0.508. The summed E-state index contributed by atoms with van der Waals surface area (Å²) in [6.07, 6.45) is 5.30. The summed E-state index contributed by atoms with van der Waals surface area (Å²) < 4.78 is 0. The van der Waals surface area contributed by atoms with Crippen LogP contribution in [0.3, 0.4) is 0 Å². The zero-order valence-corrected chi connectivity index (χ0v) is 6.56. The highest BCUT2D eigenvalue weighted by molar-refractivity contribution is 5.38. The molecule has 1 unspecified atom stereocenters. The smallest absolute Gasteiger partial charge is 0.235 e. The molecular formula is C8H10N2O2. The Morgan fingerprint density at radius 2 is 2.50 bits per heavy atom. The zero-order chi connectivity index (χ0) is 9.14. The number of hydrogen-bond acceptors (Lipinski definition) is 3. The zero-order valence-electron chi connectivity index (χ0n) is 6.56. The molecule has 0 saturated heterocycles. The Balaban J connectivity index is 2.68. The van der Waals surface area contributed by atoms with Crippen molar-refractivity contribution in [1.29, 1.82) is 0 Å². The summed E-state index contributed by atoms with van der Waals surface area (Å²) in [5, 5.41) is 10.3. The van der Waals surface area contributed by atoms with E-state index in [0.29, 0.717) is 12.1 Å². The Morgan fingerprint density at radius 1 is 1.83 bits per heavy atom. The Kier molecular flexibility index (Phi) is 2.28. The van der Waals surface area contributed by atoms with E-state index in [0.717, 1.165) is 5.57 Å². The summed E-state index contributed by atoms with van der Waals surface area (Å²) >= 11 is 0.